The van der Waals surface area contributed by atoms with Gasteiger partial charge in [-0.3, -0.25) is 5.26 Å². The zero-order valence-electron chi connectivity index (χ0n) is 7.93. The quantitative estimate of drug-likeness (QED) is 0.585. The molecule has 1 rings (SSSR count). The molecule has 1 aromatic rings. The Bertz CT molecular complexity index is 224. The minimum Gasteiger partial charge on any atom is -0.309 e. The summed E-state index contributed by atoms with van der Waals surface area (Å²) in [7, 11) is 4.01. The predicted molar refractivity (Wildman–Crippen MR) is 53.9 cm³/mol. The Morgan fingerprint density at radius 1 is 1.62 bits per heavy atom. The van der Waals surface area contributed by atoms with Crippen molar-refractivity contribution < 1.29 is 10.1 Å². The highest BCUT2D eigenvalue weighted by atomic mass is 32.1. The van der Waals surface area contributed by atoms with E-state index in [0.29, 0.717) is 0 Å². The first-order valence-corrected chi connectivity index (χ1v) is 5.10. The largest absolute Gasteiger partial charge is 0.309 e. The van der Waals surface area contributed by atoms with Gasteiger partial charge in [0.1, 0.15) is 6.10 Å². The average Bonchev–Trinajstić information content (AvgIpc) is 2.58. The molecule has 0 aliphatic heterocycles. The maximum absolute atomic E-state index is 8.70. The van der Waals surface area contributed by atoms with Gasteiger partial charge in [0.05, 0.1) is 0 Å². The number of rotatable bonds is 5. The average molecular weight is 201 g/mol. The van der Waals surface area contributed by atoms with Gasteiger partial charge in [0.15, 0.2) is 0 Å². The van der Waals surface area contributed by atoms with Crippen molar-refractivity contribution in [3.8, 4) is 0 Å². The minimum atomic E-state index is -0.178. The highest BCUT2D eigenvalue weighted by molar-refractivity contribution is 7.10. The van der Waals surface area contributed by atoms with Gasteiger partial charge in [0.25, 0.3) is 0 Å². The van der Waals surface area contributed by atoms with Crippen LogP contribution in [0, 0.1) is 0 Å². The molecule has 13 heavy (non-hydrogen) atoms. The SMILES string of the molecule is CN(C)CC[C@H](OO)c1cccs1. The lowest BCUT2D eigenvalue weighted by molar-refractivity contribution is -0.282. The van der Waals surface area contributed by atoms with E-state index in [4.69, 9.17) is 5.26 Å². The molecule has 1 heterocycles. The van der Waals surface area contributed by atoms with E-state index in [9.17, 15) is 0 Å². The molecule has 0 aliphatic rings. The standard InChI is InChI=1S/C9H15NO2S/c1-10(2)6-5-8(12-11)9-4-3-7-13-9/h3-4,7-8,11H,5-6H2,1-2H3/t8-/m0/s1. The van der Waals surface area contributed by atoms with Gasteiger partial charge >= 0.3 is 0 Å². The van der Waals surface area contributed by atoms with Crippen LogP contribution in [0.2, 0.25) is 0 Å². The molecule has 0 amide bonds. The summed E-state index contributed by atoms with van der Waals surface area (Å²) in [5.41, 5.74) is 0. The lowest BCUT2D eigenvalue weighted by atomic mass is 10.2. The van der Waals surface area contributed by atoms with Crippen molar-refractivity contribution in [3.05, 3.63) is 22.4 Å². The molecular formula is C9H15NO2S. The lowest BCUT2D eigenvalue weighted by Crippen LogP contribution is -2.16. The van der Waals surface area contributed by atoms with Crippen LogP contribution in [0.5, 0.6) is 0 Å². The van der Waals surface area contributed by atoms with Crippen LogP contribution in [0.15, 0.2) is 17.5 Å². The van der Waals surface area contributed by atoms with Crippen LogP contribution in [-0.4, -0.2) is 30.8 Å². The van der Waals surface area contributed by atoms with Crippen molar-refractivity contribution >= 4 is 11.3 Å². The smallest absolute Gasteiger partial charge is 0.128 e. The predicted octanol–water partition coefficient (Wildman–Crippen LogP) is 2.23. The highest BCUT2D eigenvalue weighted by Crippen LogP contribution is 2.24. The fraction of sp³-hybridized carbons (Fsp3) is 0.556. The third-order valence-corrected chi connectivity index (χ3v) is 2.79. The van der Waals surface area contributed by atoms with Gasteiger partial charge in [0.2, 0.25) is 0 Å². The van der Waals surface area contributed by atoms with E-state index >= 15 is 0 Å². The second kappa shape index (κ2) is 5.34. The Kier molecular flexibility index (Phi) is 4.38. The van der Waals surface area contributed by atoms with Gasteiger partial charge in [-0.2, -0.15) is 0 Å². The van der Waals surface area contributed by atoms with Crippen molar-refractivity contribution in [1.29, 1.82) is 0 Å². The zero-order valence-corrected chi connectivity index (χ0v) is 8.75. The summed E-state index contributed by atoms with van der Waals surface area (Å²) < 4.78 is 0. The fourth-order valence-corrected chi connectivity index (χ4v) is 1.88. The molecule has 0 fully saturated rings. The molecule has 1 N–H and O–H groups in total. The molecule has 74 valence electrons. The van der Waals surface area contributed by atoms with Crippen LogP contribution in [0.25, 0.3) is 0 Å². The van der Waals surface area contributed by atoms with E-state index < -0.39 is 0 Å². The molecule has 0 bridgehead atoms. The zero-order chi connectivity index (χ0) is 9.68. The van der Waals surface area contributed by atoms with Crippen LogP contribution in [0.4, 0.5) is 0 Å². The maximum atomic E-state index is 8.70. The number of nitrogens with zero attached hydrogens (tertiary/aromatic N) is 1. The van der Waals surface area contributed by atoms with Crippen molar-refractivity contribution in [2.75, 3.05) is 20.6 Å². The first-order chi connectivity index (χ1) is 6.24. The topological polar surface area (TPSA) is 32.7 Å². The van der Waals surface area contributed by atoms with Gasteiger partial charge in [-0.05, 0) is 32.0 Å². The second-order valence-electron chi connectivity index (χ2n) is 3.20. The Labute approximate surface area is 82.5 Å². The summed E-state index contributed by atoms with van der Waals surface area (Å²) in [4.78, 5) is 7.57. The summed E-state index contributed by atoms with van der Waals surface area (Å²) in [6.07, 6.45) is 0.631. The molecule has 0 saturated carbocycles. The van der Waals surface area contributed by atoms with E-state index in [1.165, 1.54) is 0 Å². The van der Waals surface area contributed by atoms with Crippen LogP contribution < -0.4 is 0 Å². The lowest BCUT2D eigenvalue weighted by Gasteiger charge is -2.14. The van der Waals surface area contributed by atoms with E-state index in [1.54, 1.807) is 11.3 Å². The van der Waals surface area contributed by atoms with Crippen molar-refractivity contribution in [1.82, 2.24) is 4.90 Å². The molecule has 0 saturated heterocycles. The Morgan fingerprint density at radius 3 is 2.85 bits per heavy atom. The molecule has 0 aromatic carbocycles. The van der Waals surface area contributed by atoms with Crippen molar-refractivity contribution in [2.45, 2.75) is 12.5 Å². The number of hydrogen-bond donors (Lipinski definition) is 1. The summed E-state index contributed by atoms with van der Waals surface area (Å²) in [6, 6.07) is 3.93. The summed E-state index contributed by atoms with van der Waals surface area (Å²) in [6.45, 7) is 0.906. The Balaban J connectivity index is 2.44. The Morgan fingerprint density at radius 2 is 2.38 bits per heavy atom. The van der Waals surface area contributed by atoms with Gasteiger partial charge < -0.3 is 4.90 Å². The maximum Gasteiger partial charge on any atom is 0.128 e. The van der Waals surface area contributed by atoms with Gasteiger partial charge in [-0.25, -0.2) is 4.89 Å². The van der Waals surface area contributed by atoms with Crippen molar-refractivity contribution in [3.63, 3.8) is 0 Å². The third kappa shape index (κ3) is 3.44. The molecule has 0 spiro atoms. The summed E-state index contributed by atoms with van der Waals surface area (Å²) >= 11 is 1.60. The van der Waals surface area contributed by atoms with Crippen LogP contribution in [-0.2, 0) is 4.89 Å². The van der Waals surface area contributed by atoms with E-state index in [2.05, 4.69) is 9.79 Å². The van der Waals surface area contributed by atoms with E-state index in [1.807, 2.05) is 31.6 Å². The third-order valence-electron chi connectivity index (χ3n) is 1.83. The van der Waals surface area contributed by atoms with E-state index in [-0.39, 0.29) is 6.10 Å². The molecule has 1 aromatic heterocycles. The fourth-order valence-electron chi connectivity index (χ4n) is 1.10. The summed E-state index contributed by atoms with van der Waals surface area (Å²) in [5, 5.41) is 10.7. The number of hydrogen-bond acceptors (Lipinski definition) is 4. The van der Waals surface area contributed by atoms with E-state index in [0.717, 1.165) is 17.8 Å². The first kappa shape index (κ1) is 10.7. The highest BCUT2D eigenvalue weighted by Gasteiger charge is 2.12. The first-order valence-electron chi connectivity index (χ1n) is 4.22. The second-order valence-corrected chi connectivity index (χ2v) is 4.18. The van der Waals surface area contributed by atoms with Crippen LogP contribution in [0.3, 0.4) is 0 Å². The van der Waals surface area contributed by atoms with Gasteiger partial charge in [-0.15, -0.1) is 11.3 Å². The number of thiophene rings is 1. The monoisotopic (exact) mass is 201 g/mol. The minimum absolute atomic E-state index is 0.178. The molecule has 0 radical (unpaired) electrons. The molecule has 3 nitrogen and oxygen atoms in total. The molecule has 1 atom stereocenters. The normalized spacial score (nSPS) is 13.5. The Hall–Kier alpha value is -0.420. The van der Waals surface area contributed by atoms with Gasteiger partial charge in [-0.1, -0.05) is 6.07 Å². The van der Waals surface area contributed by atoms with Crippen LogP contribution >= 0.6 is 11.3 Å². The van der Waals surface area contributed by atoms with Gasteiger partial charge in [0, 0.05) is 11.4 Å². The molecular weight excluding hydrogens is 186 g/mol. The molecule has 4 heteroatoms. The van der Waals surface area contributed by atoms with Crippen molar-refractivity contribution in [2.24, 2.45) is 0 Å². The van der Waals surface area contributed by atoms with Crippen LogP contribution in [0.1, 0.15) is 17.4 Å². The molecule has 0 aliphatic carbocycles. The molecule has 0 unspecified atom stereocenters. The summed E-state index contributed by atoms with van der Waals surface area (Å²) in [5.74, 6) is 0.